The first-order valence-electron chi connectivity index (χ1n) is 20.3. The minimum atomic E-state index is -4.63. The molecular formula is C43H54F3N7O7S2. The summed E-state index contributed by atoms with van der Waals surface area (Å²) >= 11 is 1.44. The van der Waals surface area contributed by atoms with E-state index < -0.39 is 74.7 Å². The largest absolute Gasteiger partial charge is 0.496 e. The number of anilines is 1. The SMILES string of the molecule is CCC1CC1(NC(=O)C1CC(Oc2cc(-c3nc(C(C)C)cs3)nc3c(C)c(OC)ccc23)CN1C(=O)C(Nc1cccc(C(F)(F)F)c1)C(C)(C)C)C(=O)NS(=O)(=O)N(C)C. The molecule has 3 heterocycles. The van der Waals surface area contributed by atoms with Gasteiger partial charge in [-0.1, -0.05) is 54.0 Å². The molecule has 5 unspecified atom stereocenters. The van der Waals surface area contributed by atoms with Crippen molar-refractivity contribution in [2.24, 2.45) is 11.3 Å². The predicted molar refractivity (Wildman–Crippen MR) is 231 cm³/mol. The van der Waals surface area contributed by atoms with Gasteiger partial charge in [0.15, 0.2) is 0 Å². The molecule has 0 radical (unpaired) electrons. The van der Waals surface area contributed by atoms with Gasteiger partial charge in [0.05, 0.1) is 30.4 Å². The van der Waals surface area contributed by atoms with Crippen LogP contribution in [0.4, 0.5) is 18.9 Å². The zero-order valence-corrected chi connectivity index (χ0v) is 38.1. The third kappa shape index (κ3) is 9.49. The Balaban J connectivity index is 1.40. The van der Waals surface area contributed by atoms with E-state index in [-0.39, 0.29) is 31.0 Å². The number of fused-ring (bicyclic) bond motifs is 1. The number of benzene rings is 2. The van der Waals surface area contributed by atoms with Crippen molar-refractivity contribution < 1.29 is 45.4 Å². The van der Waals surface area contributed by atoms with Gasteiger partial charge < -0.3 is 25.0 Å². The van der Waals surface area contributed by atoms with Gasteiger partial charge in [-0.25, -0.2) is 14.7 Å². The van der Waals surface area contributed by atoms with Gasteiger partial charge in [-0.2, -0.15) is 25.9 Å². The molecule has 5 atom stereocenters. The Hall–Kier alpha value is -5.01. The average Bonchev–Trinajstić information content (AvgIpc) is 3.47. The lowest BCUT2D eigenvalue weighted by Gasteiger charge is -2.36. The van der Waals surface area contributed by atoms with Crippen molar-refractivity contribution >= 4 is 55.9 Å². The van der Waals surface area contributed by atoms with E-state index in [2.05, 4.69) is 15.4 Å². The molecule has 1 saturated carbocycles. The molecule has 1 aliphatic carbocycles. The molecular weight excluding hydrogens is 848 g/mol. The van der Waals surface area contributed by atoms with Crippen LogP contribution in [0.25, 0.3) is 21.6 Å². The number of rotatable bonds is 14. The number of carbonyl (C=O) groups is 3. The van der Waals surface area contributed by atoms with E-state index in [4.69, 9.17) is 19.4 Å². The van der Waals surface area contributed by atoms with Gasteiger partial charge in [0.1, 0.15) is 45.9 Å². The van der Waals surface area contributed by atoms with E-state index in [0.717, 1.165) is 27.7 Å². The number of hydrogen-bond donors (Lipinski definition) is 3. The summed E-state index contributed by atoms with van der Waals surface area (Å²) in [6, 6.07) is 7.52. The fourth-order valence-corrected chi connectivity index (χ4v) is 9.25. The second-order valence-electron chi connectivity index (χ2n) is 17.5. The molecule has 0 spiro atoms. The van der Waals surface area contributed by atoms with E-state index in [9.17, 15) is 36.0 Å². The minimum absolute atomic E-state index is 0.0481. The second-order valence-corrected chi connectivity index (χ2v) is 20.3. The highest BCUT2D eigenvalue weighted by molar-refractivity contribution is 7.87. The molecule has 3 N–H and O–H groups in total. The maximum absolute atomic E-state index is 14.9. The Morgan fingerprint density at radius 1 is 1.06 bits per heavy atom. The minimum Gasteiger partial charge on any atom is -0.496 e. The van der Waals surface area contributed by atoms with Crippen LogP contribution in [-0.2, 0) is 30.8 Å². The maximum Gasteiger partial charge on any atom is 0.416 e. The summed E-state index contributed by atoms with van der Waals surface area (Å²) in [7, 11) is -0.127. The molecule has 1 aliphatic heterocycles. The van der Waals surface area contributed by atoms with Gasteiger partial charge in [0, 0.05) is 48.6 Å². The number of likely N-dealkylation sites (tertiary alicyclic amines) is 1. The smallest absolute Gasteiger partial charge is 0.416 e. The first kappa shape index (κ1) is 46.5. The van der Waals surface area contributed by atoms with Crippen molar-refractivity contribution in [2.45, 2.75) is 104 Å². The molecule has 1 saturated heterocycles. The third-order valence-corrected chi connectivity index (χ3v) is 13.8. The van der Waals surface area contributed by atoms with Gasteiger partial charge >= 0.3 is 16.4 Å². The van der Waals surface area contributed by atoms with Gasteiger partial charge in [-0.3, -0.25) is 14.4 Å². The molecule has 6 rings (SSSR count). The molecule has 2 fully saturated rings. The molecule has 19 heteroatoms. The number of methoxy groups -OCH3 is 1. The van der Waals surface area contributed by atoms with E-state index in [1.807, 2.05) is 39.1 Å². The molecule has 0 bridgehead atoms. The molecule has 2 aliphatic rings. The Morgan fingerprint density at radius 2 is 1.77 bits per heavy atom. The lowest BCUT2D eigenvalue weighted by atomic mass is 9.85. The third-order valence-electron chi connectivity index (χ3n) is 11.5. The zero-order chi connectivity index (χ0) is 45.7. The highest BCUT2D eigenvalue weighted by Crippen LogP contribution is 2.47. The van der Waals surface area contributed by atoms with Gasteiger partial charge in [-0.05, 0) is 60.9 Å². The van der Waals surface area contributed by atoms with Crippen molar-refractivity contribution in [3.8, 4) is 22.2 Å². The number of aryl methyl sites for hydroxylation is 1. The monoisotopic (exact) mass is 901 g/mol. The predicted octanol–water partition coefficient (Wildman–Crippen LogP) is 6.90. The summed E-state index contributed by atoms with van der Waals surface area (Å²) in [5.41, 5.74) is -0.540. The van der Waals surface area contributed by atoms with Crippen LogP contribution >= 0.6 is 11.3 Å². The number of pyridine rings is 1. The Morgan fingerprint density at radius 3 is 2.35 bits per heavy atom. The number of halogens is 3. The van der Waals surface area contributed by atoms with Gasteiger partial charge in [0.25, 0.3) is 5.91 Å². The van der Waals surface area contributed by atoms with Crippen LogP contribution in [0.2, 0.25) is 0 Å². The highest BCUT2D eigenvalue weighted by atomic mass is 32.2. The zero-order valence-electron chi connectivity index (χ0n) is 36.4. The van der Waals surface area contributed by atoms with Crippen LogP contribution in [0.3, 0.4) is 0 Å². The fraction of sp³-hybridized carbons (Fsp3) is 0.512. The molecule has 4 aromatic rings. The Labute approximate surface area is 364 Å². The summed E-state index contributed by atoms with van der Waals surface area (Å²) in [4.78, 5) is 54.3. The lowest BCUT2D eigenvalue weighted by Crippen LogP contribution is -2.59. The molecule has 62 heavy (non-hydrogen) atoms. The first-order valence-corrected chi connectivity index (χ1v) is 22.6. The molecule has 14 nitrogen and oxygen atoms in total. The topological polar surface area (TPSA) is 172 Å². The maximum atomic E-state index is 14.9. The van der Waals surface area contributed by atoms with Crippen LogP contribution < -0.4 is 24.8 Å². The normalized spacial score (nSPS) is 21.0. The Bertz CT molecular complexity index is 2470. The number of carbonyl (C=O) groups excluding carboxylic acids is 3. The van der Waals surface area contributed by atoms with Crippen molar-refractivity contribution in [1.82, 2.24) is 29.2 Å². The number of amides is 3. The van der Waals surface area contributed by atoms with E-state index in [0.29, 0.717) is 39.5 Å². The van der Waals surface area contributed by atoms with Gasteiger partial charge in [0.2, 0.25) is 11.8 Å². The summed E-state index contributed by atoms with van der Waals surface area (Å²) in [5, 5.41) is 9.11. The molecule has 2 aromatic heterocycles. The summed E-state index contributed by atoms with van der Waals surface area (Å²) in [5.74, 6) is -1.42. The second kappa shape index (κ2) is 17.3. The lowest BCUT2D eigenvalue weighted by molar-refractivity contribution is -0.141. The molecule has 3 amide bonds. The number of thiazole rings is 1. The van der Waals surface area contributed by atoms with Gasteiger partial charge in [-0.15, -0.1) is 11.3 Å². The van der Waals surface area contributed by atoms with Crippen molar-refractivity contribution in [1.29, 1.82) is 0 Å². The van der Waals surface area contributed by atoms with Crippen molar-refractivity contribution in [2.75, 3.05) is 33.1 Å². The quantitative estimate of drug-likeness (QED) is 0.121. The summed E-state index contributed by atoms with van der Waals surface area (Å²) < 4.78 is 82.0. The molecule has 336 valence electrons. The first-order chi connectivity index (χ1) is 28.9. The van der Waals surface area contributed by atoms with Crippen LogP contribution in [0.5, 0.6) is 11.5 Å². The number of aromatic nitrogens is 2. The number of nitrogens with zero attached hydrogens (tertiary/aromatic N) is 4. The van der Waals surface area contributed by atoms with E-state index in [1.165, 1.54) is 42.5 Å². The highest BCUT2D eigenvalue weighted by Gasteiger charge is 2.62. The summed E-state index contributed by atoms with van der Waals surface area (Å²) in [6.45, 7) is 12.9. The van der Waals surface area contributed by atoms with Crippen molar-refractivity contribution in [3.63, 3.8) is 0 Å². The Kier molecular flexibility index (Phi) is 13.0. The van der Waals surface area contributed by atoms with E-state index in [1.54, 1.807) is 40.0 Å². The van der Waals surface area contributed by atoms with Crippen molar-refractivity contribution in [3.05, 3.63) is 64.7 Å². The number of hydrogen-bond acceptors (Lipinski definition) is 11. The average molecular weight is 902 g/mol. The standard InChI is InChI=1S/C43H54F3N7O7S2/c1-11-25-20-42(25,40(56)51-62(57,58)52(8)9)50-37(54)32-18-28(21-53(32)39(55)36(41(5,6)7)47-27-14-12-13-26(17-27)43(44,45)46)60-34-19-30(38-49-31(22-61-38)23(2)3)48-35-24(4)33(59-10)16-15-29(34)35/h12-17,19,22-23,25,28,32,36,47H,11,18,20-21H2,1-10H3,(H,50,54)(H,51,56). The fourth-order valence-electron chi connectivity index (χ4n) is 7.71. The number of alkyl halides is 3. The van der Waals surface area contributed by atoms with Crippen LogP contribution in [-0.4, -0.2) is 96.8 Å². The summed E-state index contributed by atoms with van der Waals surface area (Å²) in [6.07, 6.45) is -4.89. The number of ether oxygens (including phenoxy) is 2. The molecule has 2 aromatic carbocycles. The van der Waals surface area contributed by atoms with Crippen LogP contribution in [0, 0.1) is 18.3 Å². The number of nitrogens with one attached hydrogen (secondary N) is 3. The van der Waals surface area contributed by atoms with Crippen LogP contribution in [0.15, 0.2) is 47.8 Å². The van der Waals surface area contributed by atoms with Crippen LogP contribution in [0.1, 0.15) is 83.5 Å². The van der Waals surface area contributed by atoms with E-state index >= 15 is 0 Å².